The Kier molecular flexibility index (Phi) is 11.8. The molecule has 1 amide bonds. The largest absolute Gasteiger partial charge is 0.356 e. The predicted octanol–water partition coefficient (Wildman–Crippen LogP) is 3.22. The SMILES string of the molecule is CCCCNC(=NCC(=O)N(C)C)N(C)Cc1ccccc1Cl.I. The normalized spacial score (nSPS) is 10.8. The Balaban J connectivity index is 0.00000529. The number of hydrogen-bond donors (Lipinski definition) is 1. The summed E-state index contributed by atoms with van der Waals surface area (Å²) in [4.78, 5) is 19.7. The van der Waals surface area contributed by atoms with Crippen molar-refractivity contribution in [2.45, 2.75) is 26.3 Å². The molecule has 0 saturated heterocycles. The molecule has 7 heteroatoms. The monoisotopic (exact) mass is 466 g/mol. The van der Waals surface area contributed by atoms with Crippen molar-refractivity contribution >= 4 is 47.4 Å². The zero-order valence-electron chi connectivity index (χ0n) is 14.9. The first-order valence-corrected chi connectivity index (χ1v) is 8.26. The third-order valence-electron chi connectivity index (χ3n) is 3.40. The number of benzene rings is 1. The predicted molar refractivity (Wildman–Crippen MR) is 112 cm³/mol. The van der Waals surface area contributed by atoms with Crippen molar-refractivity contribution in [3.05, 3.63) is 34.9 Å². The second kappa shape index (κ2) is 12.4. The van der Waals surface area contributed by atoms with Crippen molar-refractivity contribution in [1.29, 1.82) is 0 Å². The van der Waals surface area contributed by atoms with Crippen LogP contribution in [0.15, 0.2) is 29.3 Å². The highest BCUT2D eigenvalue weighted by Crippen LogP contribution is 2.16. The van der Waals surface area contributed by atoms with Gasteiger partial charge in [-0.25, -0.2) is 4.99 Å². The Morgan fingerprint density at radius 1 is 1.25 bits per heavy atom. The van der Waals surface area contributed by atoms with Gasteiger partial charge < -0.3 is 15.1 Å². The first kappa shape index (κ1) is 23.0. The lowest BCUT2D eigenvalue weighted by Gasteiger charge is -2.23. The molecule has 0 saturated carbocycles. The minimum Gasteiger partial charge on any atom is -0.356 e. The quantitative estimate of drug-likeness (QED) is 0.290. The molecular formula is C17H28ClIN4O. The van der Waals surface area contributed by atoms with Crippen molar-refractivity contribution < 1.29 is 4.79 Å². The summed E-state index contributed by atoms with van der Waals surface area (Å²) in [5.74, 6) is 0.694. The molecule has 136 valence electrons. The van der Waals surface area contributed by atoms with E-state index in [1.165, 1.54) is 0 Å². The molecule has 0 aliphatic carbocycles. The Hall–Kier alpha value is -1.02. The molecule has 0 unspecified atom stereocenters. The van der Waals surface area contributed by atoms with Crippen molar-refractivity contribution in [3.63, 3.8) is 0 Å². The van der Waals surface area contributed by atoms with Crippen LogP contribution in [0.1, 0.15) is 25.3 Å². The van der Waals surface area contributed by atoms with Crippen LogP contribution in [0, 0.1) is 0 Å². The van der Waals surface area contributed by atoms with Crippen molar-refractivity contribution in [2.24, 2.45) is 4.99 Å². The van der Waals surface area contributed by atoms with E-state index in [4.69, 9.17) is 11.6 Å². The number of guanidine groups is 1. The summed E-state index contributed by atoms with van der Waals surface area (Å²) in [5, 5.41) is 4.05. The second-order valence-electron chi connectivity index (χ2n) is 5.66. The van der Waals surface area contributed by atoms with Gasteiger partial charge in [-0.1, -0.05) is 43.1 Å². The fraction of sp³-hybridized carbons (Fsp3) is 0.529. The molecule has 0 aromatic heterocycles. The summed E-state index contributed by atoms with van der Waals surface area (Å²) in [5.41, 5.74) is 1.03. The molecule has 0 aliphatic rings. The first-order chi connectivity index (χ1) is 11.0. The molecule has 0 atom stereocenters. The fourth-order valence-electron chi connectivity index (χ4n) is 1.93. The van der Waals surface area contributed by atoms with Crippen LogP contribution in [0.5, 0.6) is 0 Å². The van der Waals surface area contributed by atoms with Crippen LogP contribution in [-0.2, 0) is 11.3 Å². The van der Waals surface area contributed by atoms with E-state index in [0.717, 1.165) is 30.0 Å². The van der Waals surface area contributed by atoms with Gasteiger partial charge >= 0.3 is 0 Å². The highest BCUT2D eigenvalue weighted by atomic mass is 127. The molecular weight excluding hydrogens is 439 g/mol. The minimum absolute atomic E-state index is 0. The average molecular weight is 467 g/mol. The summed E-state index contributed by atoms with van der Waals surface area (Å²) in [6.07, 6.45) is 2.16. The number of halogens is 2. The Morgan fingerprint density at radius 2 is 1.92 bits per heavy atom. The van der Waals surface area contributed by atoms with Crippen LogP contribution in [0.2, 0.25) is 5.02 Å². The Morgan fingerprint density at radius 3 is 2.50 bits per heavy atom. The molecule has 0 fully saturated rings. The molecule has 0 spiro atoms. The van der Waals surface area contributed by atoms with E-state index in [9.17, 15) is 4.79 Å². The average Bonchev–Trinajstić information content (AvgIpc) is 2.52. The number of nitrogens with zero attached hydrogens (tertiary/aromatic N) is 3. The molecule has 1 aromatic carbocycles. The van der Waals surface area contributed by atoms with Gasteiger partial charge in [-0.3, -0.25) is 4.79 Å². The van der Waals surface area contributed by atoms with Crippen LogP contribution in [0.4, 0.5) is 0 Å². The molecule has 24 heavy (non-hydrogen) atoms. The van der Waals surface area contributed by atoms with Gasteiger partial charge in [-0.15, -0.1) is 24.0 Å². The van der Waals surface area contributed by atoms with Crippen LogP contribution >= 0.6 is 35.6 Å². The van der Waals surface area contributed by atoms with Crippen molar-refractivity contribution in [2.75, 3.05) is 34.2 Å². The third kappa shape index (κ3) is 8.19. The lowest BCUT2D eigenvalue weighted by atomic mass is 10.2. The van der Waals surface area contributed by atoms with Gasteiger partial charge in [0.2, 0.25) is 5.91 Å². The van der Waals surface area contributed by atoms with Gasteiger partial charge in [0.15, 0.2) is 5.96 Å². The summed E-state index contributed by atoms with van der Waals surface area (Å²) in [6, 6.07) is 7.75. The molecule has 0 aliphatic heterocycles. The number of rotatable bonds is 7. The summed E-state index contributed by atoms with van der Waals surface area (Å²) < 4.78 is 0. The van der Waals surface area contributed by atoms with Gasteiger partial charge in [0.05, 0.1) is 0 Å². The number of carbonyl (C=O) groups is 1. The van der Waals surface area contributed by atoms with E-state index in [0.29, 0.717) is 12.5 Å². The molecule has 5 nitrogen and oxygen atoms in total. The first-order valence-electron chi connectivity index (χ1n) is 7.88. The maximum Gasteiger partial charge on any atom is 0.243 e. The Bertz CT molecular complexity index is 537. The van der Waals surface area contributed by atoms with Gasteiger partial charge in [0.25, 0.3) is 0 Å². The highest BCUT2D eigenvalue weighted by Gasteiger charge is 2.10. The van der Waals surface area contributed by atoms with Gasteiger partial charge in [0, 0.05) is 39.3 Å². The van der Waals surface area contributed by atoms with E-state index in [1.54, 1.807) is 19.0 Å². The van der Waals surface area contributed by atoms with E-state index in [-0.39, 0.29) is 36.4 Å². The Labute approximate surface area is 167 Å². The van der Waals surface area contributed by atoms with Crippen molar-refractivity contribution in [1.82, 2.24) is 15.1 Å². The number of carbonyl (C=O) groups excluding carboxylic acids is 1. The number of amides is 1. The van der Waals surface area contributed by atoms with Crippen LogP contribution in [-0.4, -0.2) is 55.9 Å². The standard InChI is InChI=1S/C17H27ClN4O.HI/c1-5-6-11-19-17(20-12-16(23)21(2)3)22(4)13-14-9-7-8-10-15(14)18;/h7-10H,5-6,11-13H2,1-4H3,(H,19,20);1H. The molecule has 1 N–H and O–H groups in total. The molecule has 1 rings (SSSR count). The van der Waals surface area contributed by atoms with E-state index in [1.807, 2.05) is 36.2 Å². The molecule has 0 radical (unpaired) electrons. The maximum absolute atomic E-state index is 11.8. The number of likely N-dealkylation sites (N-methyl/N-ethyl adjacent to an activating group) is 1. The number of nitrogens with one attached hydrogen (secondary N) is 1. The van der Waals surface area contributed by atoms with Crippen molar-refractivity contribution in [3.8, 4) is 0 Å². The number of aliphatic imine (C=N–C) groups is 1. The topological polar surface area (TPSA) is 47.9 Å². The fourth-order valence-corrected chi connectivity index (χ4v) is 2.12. The number of hydrogen-bond acceptors (Lipinski definition) is 2. The van der Waals surface area contributed by atoms with E-state index in [2.05, 4.69) is 17.2 Å². The van der Waals surface area contributed by atoms with Gasteiger partial charge in [0.1, 0.15) is 6.54 Å². The smallest absolute Gasteiger partial charge is 0.243 e. The molecule has 0 bridgehead atoms. The zero-order chi connectivity index (χ0) is 17.2. The summed E-state index contributed by atoms with van der Waals surface area (Å²) in [6.45, 7) is 3.74. The van der Waals surface area contributed by atoms with Gasteiger partial charge in [-0.05, 0) is 18.1 Å². The second-order valence-corrected chi connectivity index (χ2v) is 6.06. The van der Waals surface area contributed by atoms with E-state index >= 15 is 0 Å². The van der Waals surface area contributed by atoms with Crippen LogP contribution in [0.25, 0.3) is 0 Å². The summed E-state index contributed by atoms with van der Waals surface area (Å²) in [7, 11) is 5.41. The maximum atomic E-state index is 11.8. The van der Waals surface area contributed by atoms with Crippen LogP contribution in [0.3, 0.4) is 0 Å². The highest BCUT2D eigenvalue weighted by molar-refractivity contribution is 14.0. The summed E-state index contributed by atoms with van der Waals surface area (Å²) >= 11 is 6.22. The third-order valence-corrected chi connectivity index (χ3v) is 3.77. The lowest BCUT2D eigenvalue weighted by Crippen LogP contribution is -2.40. The molecule has 0 heterocycles. The van der Waals surface area contributed by atoms with Crippen LogP contribution < -0.4 is 5.32 Å². The number of unbranched alkanes of at least 4 members (excludes halogenated alkanes) is 1. The minimum atomic E-state index is -0.0223. The zero-order valence-corrected chi connectivity index (χ0v) is 18.0. The molecule has 1 aromatic rings. The lowest BCUT2D eigenvalue weighted by molar-refractivity contribution is -0.127. The van der Waals surface area contributed by atoms with Gasteiger partial charge in [-0.2, -0.15) is 0 Å². The van der Waals surface area contributed by atoms with E-state index < -0.39 is 0 Å².